The molecule has 1 rings (SSSR count). The molecule has 1 saturated heterocycles. The van der Waals surface area contributed by atoms with Crippen LogP contribution in [0, 0.1) is 0 Å². The van der Waals surface area contributed by atoms with Gasteiger partial charge >= 0.3 is 5.97 Å². The molecule has 1 aliphatic heterocycles. The first-order valence-corrected chi connectivity index (χ1v) is 4.25. The molecule has 0 radical (unpaired) electrons. The number of hydrogen-bond donors (Lipinski definition) is 1. The molecule has 1 heterocycles. The van der Waals surface area contributed by atoms with Crippen LogP contribution >= 0.6 is 0 Å². The Morgan fingerprint density at radius 1 is 1.50 bits per heavy atom. The molecular weight excluding hydrogens is 158 g/mol. The maximum absolute atomic E-state index is 10.7. The lowest BCUT2D eigenvalue weighted by atomic mass is 10.1. The molecule has 0 spiro atoms. The van der Waals surface area contributed by atoms with Gasteiger partial charge in [-0.05, 0) is 0 Å². The molecule has 0 bridgehead atoms. The summed E-state index contributed by atoms with van der Waals surface area (Å²) in [4.78, 5) is 15.8. The third-order valence-electron chi connectivity index (χ3n) is 2.22. The molecule has 0 aromatic heterocycles. The van der Waals surface area contributed by atoms with E-state index < -0.39 is 0 Å². The van der Waals surface area contributed by atoms with Gasteiger partial charge in [-0.3, -0.25) is 4.84 Å². The molecule has 0 aromatic carbocycles. The predicted molar refractivity (Wildman–Crippen MR) is 42.9 cm³/mol. The zero-order valence-electron chi connectivity index (χ0n) is 7.62. The van der Waals surface area contributed by atoms with Crippen LogP contribution in [0.4, 0.5) is 0 Å². The number of rotatable bonds is 1. The van der Waals surface area contributed by atoms with Crippen molar-refractivity contribution in [3.8, 4) is 0 Å². The Morgan fingerprint density at radius 3 is 2.42 bits per heavy atom. The molecule has 0 amide bonds. The Hall–Kier alpha value is -0.610. The number of piperidine rings is 1. The van der Waals surface area contributed by atoms with Crippen molar-refractivity contribution in [1.29, 1.82) is 0 Å². The van der Waals surface area contributed by atoms with Gasteiger partial charge in [-0.1, -0.05) is 0 Å². The third-order valence-corrected chi connectivity index (χ3v) is 2.22. The third kappa shape index (κ3) is 2.46. The van der Waals surface area contributed by atoms with Gasteiger partial charge in [0.25, 0.3) is 0 Å². The highest BCUT2D eigenvalue weighted by Crippen LogP contribution is 2.17. The summed E-state index contributed by atoms with van der Waals surface area (Å²) in [6, 6.07) is 0. The first kappa shape index (κ1) is 9.48. The lowest BCUT2D eigenvalue weighted by Crippen LogP contribution is -2.51. The van der Waals surface area contributed by atoms with E-state index in [0.717, 1.165) is 0 Å². The zero-order valence-corrected chi connectivity index (χ0v) is 7.62. The van der Waals surface area contributed by atoms with Crippen LogP contribution in [-0.4, -0.2) is 42.0 Å². The topological polar surface area (TPSA) is 46.5 Å². The van der Waals surface area contributed by atoms with E-state index in [4.69, 9.17) is 4.84 Å². The van der Waals surface area contributed by atoms with E-state index in [1.165, 1.54) is 6.92 Å². The van der Waals surface area contributed by atoms with Crippen molar-refractivity contribution >= 4 is 5.97 Å². The molecule has 4 heteroatoms. The van der Waals surface area contributed by atoms with Crippen LogP contribution in [0.1, 0.15) is 19.8 Å². The van der Waals surface area contributed by atoms with E-state index in [2.05, 4.69) is 0 Å². The van der Waals surface area contributed by atoms with Crippen molar-refractivity contribution in [2.45, 2.75) is 25.9 Å². The highest BCUT2D eigenvalue weighted by molar-refractivity contribution is 5.65. The first-order valence-electron chi connectivity index (χ1n) is 4.25. The van der Waals surface area contributed by atoms with Crippen molar-refractivity contribution in [3.05, 3.63) is 0 Å². The van der Waals surface area contributed by atoms with Crippen LogP contribution in [0.5, 0.6) is 0 Å². The number of hydroxylamine groups is 3. The number of carbonyl (C=O) groups excluding carboxylic acids is 1. The van der Waals surface area contributed by atoms with E-state index in [1.807, 2.05) is 7.05 Å². The van der Waals surface area contributed by atoms with Gasteiger partial charge < -0.3 is 5.11 Å². The van der Waals surface area contributed by atoms with Crippen LogP contribution < -0.4 is 0 Å². The molecule has 0 aliphatic carbocycles. The van der Waals surface area contributed by atoms with Crippen molar-refractivity contribution in [2.24, 2.45) is 0 Å². The smallest absolute Gasteiger partial charge is 0.363 e. The van der Waals surface area contributed by atoms with Crippen LogP contribution in [0.25, 0.3) is 0 Å². The highest BCUT2D eigenvalue weighted by Gasteiger charge is 2.32. The summed E-state index contributed by atoms with van der Waals surface area (Å²) in [7, 11) is 1.87. The minimum absolute atomic E-state index is 0.216. The van der Waals surface area contributed by atoms with Crippen LogP contribution in [0.3, 0.4) is 0 Å². The monoisotopic (exact) mass is 174 g/mol. The van der Waals surface area contributed by atoms with E-state index in [1.54, 1.807) is 0 Å². The Morgan fingerprint density at radius 2 is 2.00 bits per heavy atom. The Bertz CT molecular complexity index is 173. The second-order valence-electron chi connectivity index (χ2n) is 3.56. The summed E-state index contributed by atoms with van der Waals surface area (Å²) in [5.74, 6) is -0.256. The van der Waals surface area contributed by atoms with Gasteiger partial charge in [0.05, 0.1) is 6.10 Å². The average Bonchev–Trinajstić information content (AvgIpc) is 1.94. The van der Waals surface area contributed by atoms with Crippen LogP contribution in [0.2, 0.25) is 0 Å². The highest BCUT2D eigenvalue weighted by atomic mass is 16.7. The zero-order chi connectivity index (χ0) is 9.19. The van der Waals surface area contributed by atoms with E-state index >= 15 is 0 Å². The Balaban J connectivity index is 2.44. The summed E-state index contributed by atoms with van der Waals surface area (Å²) < 4.78 is 0.312. The second-order valence-corrected chi connectivity index (χ2v) is 3.56. The number of aliphatic hydroxyl groups excluding tert-OH is 1. The number of carbonyl (C=O) groups is 1. The summed E-state index contributed by atoms with van der Waals surface area (Å²) >= 11 is 0. The maximum atomic E-state index is 10.7. The molecule has 1 aliphatic rings. The minimum atomic E-state index is -0.256. The molecule has 1 N–H and O–H groups in total. The quantitative estimate of drug-likeness (QED) is 0.572. The van der Waals surface area contributed by atoms with Crippen molar-refractivity contribution in [3.63, 3.8) is 0 Å². The van der Waals surface area contributed by atoms with Gasteiger partial charge in [0.2, 0.25) is 0 Å². The molecule has 0 atom stereocenters. The van der Waals surface area contributed by atoms with Gasteiger partial charge in [-0.2, -0.15) is 0 Å². The summed E-state index contributed by atoms with van der Waals surface area (Å²) in [5, 5.41) is 9.23. The molecule has 0 saturated carbocycles. The number of likely N-dealkylation sites (tertiary alicyclic amines) is 1. The Labute approximate surface area is 72.3 Å². The molecule has 70 valence electrons. The van der Waals surface area contributed by atoms with Crippen molar-refractivity contribution in [1.82, 2.24) is 0 Å². The summed E-state index contributed by atoms with van der Waals surface area (Å²) in [5.41, 5.74) is 0. The predicted octanol–water partition coefficient (Wildman–Crippen LogP) is 0.0658. The number of aliphatic hydroxyl groups is 1. The second kappa shape index (κ2) is 3.41. The molecule has 4 nitrogen and oxygen atoms in total. The average molecular weight is 174 g/mol. The molecule has 1 fully saturated rings. The number of nitrogens with zero attached hydrogens (tertiary/aromatic N) is 1. The number of quaternary nitrogens is 1. The van der Waals surface area contributed by atoms with E-state index in [-0.39, 0.29) is 12.1 Å². The molecule has 0 unspecified atom stereocenters. The van der Waals surface area contributed by atoms with Gasteiger partial charge in [0.1, 0.15) is 20.1 Å². The van der Waals surface area contributed by atoms with Gasteiger partial charge in [-0.15, -0.1) is 4.65 Å². The standard InChI is InChI=1S/C8H16NO3/c1-7(10)12-9(2)5-3-8(11)4-6-9/h8,11H,3-6H2,1-2H3/q+1. The van der Waals surface area contributed by atoms with E-state index in [9.17, 15) is 9.90 Å². The SMILES string of the molecule is CC(=O)O[N+]1(C)CCC(O)CC1. The fourth-order valence-corrected chi connectivity index (χ4v) is 1.50. The van der Waals surface area contributed by atoms with Crippen molar-refractivity contribution < 1.29 is 19.4 Å². The largest absolute Gasteiger partial charge is 0.393 e. The van der Waals surface area contributed by atoms with Gasteiger partial charge in [0, 0.05) is 19.8 Å². The molecular formula is C8H16NO3+. The van der Waals surface area contributed by atoms with Gasteiger partial charge in [0.15, 0.2) is 0 Å². The van der Waals surface area contributed by atoms with Gasteiger partial charge in [-0.25, -0.2) is 4.79 Å². The summed E-state index contributed by atoms with van der Waals surface area (Å²) in [6.07, 6.45) is 1.21. The first-order chi connectivity index (χ1) is 5.52. The lowest BCUT2D eigenvalue weighted by Gasteiger charge is -2.34. The van der Waals surface area contributed by atoms with Crippen LogP contribution in [0.15, 0.2) is 0 Å². The number of hydrogen-bond acceptors (Lipinski definition) is 3. The normalized spacial score (nSPS) is 36.1. The molecule has 0 aromatic rings. The van der Waals surface area contributed by atoms with Crippen molar-refractivity contribution in [2.75, 3.05) is 20.1 Å². The fourth-order valence-electron chi connectivity index (χ4n) is 1.50. The fraction of sp³-hybridized carbons (Fsp3) is 0.875. The van der Waals surface area contributed by atoms with E-state index in [0.29, 0.717) is 30.6 Å². The maximum Gasteiger partial charge on any atom is 0.363 e. The van der Waals surface area contributed by atoms with Crippen LogP contribution in [-0.2, 0) is 9.63 Å². The molecule has 12 heavy (non-hydrogen) atoms. The Kier molecular flexibility index (Phi) is 2.69. The summed E-state index contributed by atoms with van der Waals surface area (Å²) in [6.45, 7) is 2.83. The minimum Gasteiger partial charge on any atom is -0.393 e. The lowest BCUT2D eigenvalue weighted by molar-refractivity contribution is -1.08.